The Kier molecular flexibility index (Phi) is 2.65. The number of rotatable bonds is 3. The van der Waals surface area contributed by atoms with Gasteiger partial charge in [-0.15, -0.1) is 0 Å². The van der Waals surface area contributed by atoms with Crippen molar-refractivity contribution in [3.05, 3.63) is 11.8 Å². The maximum atomic E-state index is 11.7. The monoisotopic (exact) mass is 233 g/mol. The molecule has 2 aliphatic carbocycles. The molecule has 3 rings (SSSR count). The third kappa shape index (κ3) is 2.21. The molecule has 17 heavy (non-hydrogen) atoms. The molecule has 2 saturated carbocycles. The number of anilines is 1. The van der Waals surface area contributed by atoms with Gasteiger partial charge in [-0.25, -0.2) is 0 Å². The Bertz CT molecular complexity index is 428. The van der Waals surface area contributed by atoms with E-state index in [9.17, 15) is 4.79 Å². The first-order chi connectivity index (χ1) is 8.24. The van der Waals surface area contributed by atoms with Gasteiger partial charge in [0.2, 0.25) is 5.91 Å². The van der Waals surface area contributed by atoms with Gasteiger partial charge in [-0.3, -0.25) is 9.48 Å². The Balaban J connectivity index is 1.73. The summed E-state index contributed by atoms with van der Waals surface area (Å²) in [6.07, 6.45) is 7.19. The highest BCUT2D eigenvalue weighted by molar-refractivity contribution is 5.93. The second kappa shape index (κ2) is 4.17. The number of aryl methyl sites for hydroxylation is 1. The molecule has 4 heteroatoms. The third-order valence-corrected chi connectivity index (χ3v) is 3.87. The van der Waals surface area contributed by atoms with Crippen LogP contribution in [0, 0.1) is 5.92 Å². The van der Waals surface area contributed by atoms with Gasteiger partial charge in [-0.05, 0) is 25.7 Å². The van der Waals surface area contributed by atoms with Crippen LogP contribution < -0.4 is 5.32 Å². The lowest BCUT2D eigenvalue weighted by molar-refractivity contribution is -0.117. The minimum absolute atomic E-state index is 0.158. The summed E-state index contributed by atoms with van der Waals surface area (Å²) in [5.74, 6) is 1.86. The highest BCUT2D eigenvalue weighted by Gasteiger charge is 2.30. The summed E-state index contributed by atoms with van der Waals surface area (Å²) < 4.78 is 1.80. The minimum Gasteiger partial charge on any atom is -0.311 e. The van der Waals surface area contributed by atoms with Crippen LogP contribution >= 0.6 is 0 Å². The quantitative estimate of drug-likeness (QED) is 0.871. The molecular weight excluding hydrogens is 214 g/mol. The zero-order valence-electron chi connectivity index (χ0n) is 10.3. The lowest BCUT2D eigenvalue weighted by Gasteiger charge is -2.02. The number of nitrogens with one attached hydrogen (secondary N) is 1. The van der Waals surface area contributed by atoms with Gasteiger partial charge in [0.1, 0.15) is 5.82 Å². The molecule has 2 aliphatic rings. The molecule has 0 radical (unpaired) electrons. The Labute approximate surface area is 101 Å². The van der Waals surface area contributed by atoms with Crippen LogP contribution in [-0.4, -0.2) is 15.7 Å². The van der Waals surface area contributed by atoms with E-state index in [0.717, 1.165) is 24.4 Å². The van der Waals surface area contributed by atoms with Gasteiger partial charge in [0.05, 0.1) is 5.69 Å². The van der Waals surface area contributed by atoms with E-state index in [2.05, 4.69) is 16.5 Å². The van der Waals surface area contributed by atoms with Crippen molar-refractivity contribution >= 4 is 11.7 Å². The highest BCUT2D eigenvalue weighted by atomic mass is 16.2. The Morgan fingerprint density at radius 3 is 2.71 bits per heavy atom. The van der Waals surface area contributed by atoms with Crippen LogP contribution in [0.5, 0.6) is 0 Å². The number of hydrogen-bond donors (Lipinski definition) is 1. The normalized spacial score (nSPS) is 20.8. The molecule has 0 saturated heterocycles. The van der Waals surface area contributed by atoms with Gasteiger partial charge < -0.3 is 5.32 Å². The summed E-state index contributed by atoms with van der Waals surface area (Å²) in [5.41, 5.74) is 1.15. The summed E-state index contributed by atoms with van der Waals surface area (Å²) in [5, 5.41) is 7.50. The number of carbonyl (C=O) groups is 1. The fourth-order valence-corrected chi connectivity index (χ4v) is 2.60. The number of hydrogen-bond acceptors (Lipinski definition) is 2. The van der Waals surface area contributed by atoms with Crippen molar-refractivity contribution in [3.63, 3.8) is 0 Å². The lowest BCUT2D eigenvalue weighted by Crippen LogP contribution is -2.15. The predicted molar refractivity (Wildman–Crippen MR) is 65.8 cm³/mol. The first kappa shape index (κ1) is 10.8. The fraction of sp³-hybridized carbons (Fsp3) is 0.692. The molecule has 92 valence electrons. The lowest BCUT2D eigenvalue weighted by atomic mass is 10.0. The molecular formula is C13H19N3O. The molecule has 0 bridgehead atoms. The minimum atomic E-state index is 0.158. The molecule has 0 aromatic carbocycles. The van der Waals surface area contributed by atoms with Crippen molar-refractivity contribution in [1.29, 1.82) is 0 Å². The molecule has 4 nitrogen and oxygen atoms in total. The number of nitrogens with zero attached hydrogens (tertiary/aromatic N) is 2. The number of aromatic nitrogens is 2. The van der Waals surface area contributed by atoms with Gasteiger partial charge in [-0.2, -0.15) is 5.10 Å². The molecule has 1 N–H and O–H groups in total. The van der Waals surface area contributed by atoms with Crippen molar-refractivity contribution in [3.8, 4) is 0 Å². The molecule has 0 atom stereocenters. The maximum absolute atomic E-state index is 11.7. The highest BCUT2D eigenvalue weighted by Crippen LogP contribution is 2.35. The summed E-state index contributed by atoms with van der Waals surface area (Å²) in [4.78, 5) is 11.7. The van der Waals surface area contributed by atoms with Crippen molar-refractivity contribution in [2.24, 2.45) is 13.0 Å². The van der Waals surface area contributed by atoms with E-state index < -0.39 is 0 Å². The second-order valence-electron chi connectivity index (χ2n) is 5.32. The first-order valence-corrected chi connectivity index (χ1v) is 6.59. The van der Waals surface area contributed by atoms with Crippen LogP contribution in [0.15, 0.2) is 6.07 Å². The van der Waals surface area contributed by atoms with Crippen molar-refractivity contribution in [2.75, 3.05) is 5.32 Å². The van der Waals surface area contributed by atoms with Crippen LogP contribution in [-0.2, 0) is 11.8 Å². The van der Waals surface area contributed by atoms with E-state index in [1.165, 1.54) is 25.7 Å². The molecule has 0 spiro atoms. The fourth-order valence-electron chi connectivity index (χ4n) is 2.60. The SMILES string of the molecule is Cn1nc(C2CCCC2)cc1NC(=O)C1CC1. The van der Waals surface area contributed by atoms with Gasteiger partial charge in [0.25, 0.3) is 0 Å². The van der Waals surface area contributed by atoms with E-state index >= 15 is 0 Å². The molecule has 1 heterocycles. The van der Waals surface area contributed by atoms with E-state index in [1.54, 1.807) is 4.68 Å². The summed E-state index contributed by atoms with van der Waals surface area (Å²) in [6.45, 7) is 0. The van der Waals surface area contributed by atoms with Crippen molar-refractivity contribution in [1.82, 2.24) is 9.78 Å². The molecule has 1 aromatic rings. The molecule has 1 aromatic heterocycles. The molecule has 1 amide bonds. The Morgan fingerprint density at radius 1 is 1.35 bits per heavy atom. The number of carbonyl (C=O) groups excluding carboxylic acids is 1. The van der Waals surface area contributed by atoms with E-state index in [0.29, 0.717) is 5.92 Å². The van der Waals surface area contributed by atoms with Gasteiger partial charge >= 0.3 is 0 Å². The first-order valence-electron chi connectivity index (χ1n) is 6.59. The van der Waals surface area contributed by atoms with Gasteiger partial charge in [0.15, 0.2) is 0 Å². The second-order valence-corrected chi connectivity index (χ2v) is 5.32. The van der Waals surface area contributed by atoms with E-state index in [-0.39, 0.29) is 11.8 Å². The van der Waals surface area contributed by atoms with Crippen molar-refractivity contribution < 1.29 is 4.79 Å². The van der Waals surface area contributed by atoms with Gasteiger partial charge in [0, 0.05) is 24.9 Å². The predicted octanol–water partition coefficient (Wildman–Crippen LogP) is 2.43. The summed E-state index contributed by atoms with van der Waals surface area (Å²) in [7, 11) is 1.90. The van der Waals surface area contributed by atoms with Crippen LogP contribution in [0.4, 0.5) is 5.82 Å². The largest absolute Gasteiger partial charge is 0.311 e. The zero-order chi connectivity index (χ0) is 11.8. The zero-order valence-corrected chi connectivity index (χ0v) is 10.3. The van der Waals surface area contributed by atoms with E-state index in [4.69, 9.17) is 0 Å². The summed E-state index contributed by atoms with van der Waals surface area (Å²) >= 11 is 0. The average molecular weight is 233 g/mol. The average Bonchev–Trinajstić information content (AvgIpc) is 2.90. The Hall–Kier alpha value is -1.32. The Morgan fingerprint density at radius 2 is 2.06 bits per heavy atom. The van der Waals surface area contributed by atoms with Crippen LogP contribution in [0.3, 0.4) is 0 Å². The molecule has 0 unspecified atom stereocenters. The third-order valence-electron chi connectivity index (χ3n) is 3.87. The van der Waals surface area contributed by atoms with Crippen LogP contribution in [0.2, 0.25) is 0 Å². The van der Waals surface area contributed by atoms with Crippen LogP contribution in [0.25, 0.3) is 0 Å². The van der Waals surface area contributed by atoms with Crippen LogP contribution in [0.1, 0.15) is 50.1 Å². The maximum Gasteiger partial charge on any atom is 0.228 e. The standard InChI is InChI=1S/C13H19N3O/c1-16-12(14-13(17)10-6-7-10)8-11(15-16)9-4-2-3-5-9/h8-10H,2-7H2,1H3,(H,14,17). The van der Waals surface area contributed by atoms with Crippen molar-refractivity contribution in [2.45, 2.75) is 44.4 Å². The topological polar surface area (TPSA) is 46.9 Å². The number of amides is 1. The van der Waals surface area contributed by atoms with E-state index in [1.807, 2.05) is 7.05 Å². The summed E-state index contributed by atoms with van der Waals surface area (Å²) in [6, 6.07) is 2.05. The molecule has 0 aliphatic heterocycles. The smallest absolute Gasteiger partial charge is 0.228 e. The van der Waals surface area contributed by atoms with Gasteiger partial charge in [-0.1, -0.05) is 12.8 Å². The molecule has 2 fully saturated rings.